The number of rotatable bonds is 43. The van der Waals surface area contributed by atoms with Gasteiger partial charge in [0, 0.05) is 136 Å². The lowest BCUT2D eigenvalue weighted by atomic mass is 9.98. The van der Waals surface area contributed by atoms with Crippen molar-refractivity contribution in [3.8, 4) is 0 Å². The Morgan fingerprint density at radius 3 is 0.762 bits per heavy atom. The Bertz CT molecular complexity index is 1030. The summed E-state index contributed by atoms with van der Waals surface area (Å²) in [5.41, 5.74) is -1.31. The summed E-state index contributed by atoms with van der Waals surface area (Å²) in [5, 5.41) is 0. The zero-order chi connectivity index (χ0) is 47.3. The first-order valence-electron chi connectivity index (χ1n) is 24.2. The third kappa shape index (κ3) is 18.9. The van der Waals surface area contributed by atoms with Crippen molar-refractivity contribution in [2.24, 2.45) is 11.3 Å². The van der Waals surface area contributed by atoms with Crippen LogP contribution in [0.15, 0.2) is 12.7 Å². The lowest BCUT2D eigenvalue weighted by molar-refractivity contribution is -0.150. The fraction of sp³-hybridized carbons (Fsp3) is 0.907. The highest BCUT2D eigenvalue weighted by Crippen LogP contribution is 2.56. The van der Waals surface area contributed by atoms with Gasteiger partial charge in [0.25, 0.3) is 0 Å². The minimum atomic E-state index is -3.02. The van der Waals surface area contributed by atoms with Crippen LogP contribution < -0.4 is 0 Å². The second-order valence-electron chi connectivity index (χ2n) is 14.9. The van der Waals surface area contributed by atoms with E-state index in [4.69, 9.17) is 53.1 Å². The monoisotopic (exact) mass is 971 g/mol. The molecule has 1 saturated carbocycles. The predicted octanol–water partition coefficient (Wildman–Crippen LogP) is 7.59. The number of nitrogens with zero attached hydrogens (tertiary/aromatic N) is 2. The number of carbonyl (C=O) groups is 2. The maximum atomic E-state index is 15.3. The summed E-state index contributed by atoms with van der Waals surface area (Å²) < 4.78 is 74.2. The molecule has 0 heterocycles. The zero-order valence-corrected chi connectivity index (χ0v) is 45.6. The van der Waals surface area contributed by atoms with Crippen molar-refractivity contribution in [3.63, 3.8) is 0 Å². The van der Waals surface area contributed by atoms with E-state index < -0.39 is 40.6 Å². The molecule has 1 fully saturated rings. The van der Waals surface area contributed by atoms with Crippen molar-refractivity contribution in [1.29, 1.82) is 0 Å². The first kappa shape index (κ1) is 60.1. The predicted molar refractivity (Wildman–Crippen MR) is 254 cm³/mol. The van der Waals surface area contributed by atoms with Crippen LogP contribution in [0, 0.1) is 11.3 Å². The largest absolute Gasteiger partial charge is 0.500 e. The molecule has 20 heteroatoms. The quantitative estimate of drug-likeness (QED) is 0.0335. The van der Waals surface area contributed by atoms with E-state index in [9.17, 15) is 0 Å². The molecule has 2 amide bonds. The van der Waals surface area contributed by atoms with Crippen molar-refractivity contribution in [1.82, 2.24) is 9.80 Å². The van der Waals surface area contributed by atoms with E-state index in [0.717, 1.165) is 0 Å². The topological polar surface area (TPSA) is 151 Å². The first-order chi connectivity index (χ1) is 30.3. The smallest absolute Gasteiger partial charge is 0.374 e. The van der Waals surface area contributed by atoms with Crippen molar-refractivity contribution >= 4 is 47.0 Å². The molecule has 372 valence electrons. The van der Waals surface area contributed by atoms with E-state index in [0.29, 0.717) is 162 Å². The van der Waals surface area contributed by atoms with Crippen LogP contribution in [0.2, 0.25) is 24.2 Å². The molecule has 1 aliphatic rings. The van der Waals surface area contributed by atoms with E-state index >= 15 is 9.59 Å². The molecule has 0 aliphatic heterocycles. The molecule has 0 spiro atoms. The minimum absolute atomic E-state index is 0.210. The Morgan fingerprint density at radius 2 is 0.619 bits per heavy atom. The van der Waals surface area contributed by atoms with Crippen molar-refractivity contribution in [2.75, 3.05) is 105 Å². The molecule has 0 aromatic rings. The van der Waals surface area contributed by atoms with Gasteiger partial charge in [-0.05, 0) is 115 Å². The Hall–Kier alpha value is -0.932. The van der Waals surface area contributed by atoms with Crippen molar-refractivity contribution < 1.29 is 62.7 Å². The molecule has 0 aromatic heterocycles. The first-order valence-corrected chi connectivity index (χ1v) is 32.0. The lowest BCUT2D eigenvalue weighted by Gasteiger charge is -2.35. The standard InChI is InChI=1S/C43H90N2O14Si4/c1-14-40-39-43(40,41(46)44(31-27-35-60(48-15-2,49-16-3)50-17-4)32-28-36-61(51-18-5,52-19-6)53-20-7)42(47)45(33-29-37-62(54-21-8,55-22-9)56-23-10)34-30-38-63(57-24-11,58-25-12)59-26-13/h14,40H,1,15-39H2,2-13H3. The normalized spacial score (nSPS) is 15.5. The Labute approximate surface area is 387 Å². The number of carbonyl (C=O) groups excluding carboxylic acids is 2. The van der Waals surface area contributed by atoms with Gasteiger partial charge in [0.15, 0.2) is 0 Å². The van der Waals surface area contributed by atoms with Crippen LogP contribution in [-0.2, 0) is 62.7 Å². The van der Waals surface area contributed by atoms with Crippen LogP contribution in [0.3, 0.4) is 0 Å². The van der Waals surface area contributed by atoms with Crippen LogP contribution in [0.1, 0.15) is 115 Å². The van der Waals surface area contributed by atoms with E-state index in [2.05, 4.69) is 6.58 Å². The molecular formula is C43H90N2O14Si4. The lowest BCUT2D eigenvalue weighted by Crippen LogP contribution is -2.51. The molecule has 1 unspecified atom stereocenters. The van der Waals surface area contributed by atoms with Crippen LogP contribution in [-0.4, -0.2) is 162 Å². The molecule has 0 aromatic carbocycles. The van der Waals surface area contributed by atoms with Gasteiger partial charge >= 0.3 is 35.2 Å². The van der Waals surface area contributed by atoms with Crippen LogP contribution in [0.4, 0.5) is 0 Å². The fourth-order valence-corrected chi connectivity index (χ4v) is 18.7. The van der Waals surface area contributed by atoms with E-state index in [1.54, 1.807) is 6.08 Å². The molecule has 16 nitrogen and oxygen atoms in total. The second kappa shape index (κ2) is 32.7. The summed E-state index contributed by atoms with van der Waals surface area (Å²) in [5.74, 6) is -0.750. The molecule has 0 saturated heterocycles. The summed E-state index contributed by atoms with van der Waals surface area (Å²) in [6.45, 7) is 34.3. The van der Waals surface area contributed by atoms with E-state index in [-0.39, 0.29) is 17.7 Å². The molecule has 63 heavy (non-hydrogen) atoms. The van der Waals surface area contributed by atoms with Gasteiger partial charge in [-0.25, -0.2) is 0 Å². The van der Waals surface area contributed by atoms with Gasteiger partial charge in [0.05, 0.1) is 0 Å². The molecule has 1 atom stereocenters. The SMILES string of the molecule is C=CC1CC1(C(=O)N(CCC[Si](OCC)(OCC)OCC)CCC[Si](OCC)(OCC)OCC)C(=O)N(CCC[Si](OCC)(OCC)OCC)CCC[Si](OCC)(OCC)OCC. The summed E-state index contributed by atoms with van der Waals surface area (Å²) in [6.07, 6.45) is 4.38. The molecule has 1 aliphatic carbocycles. The highest BCUT2D eigenvalue weighted by Gasteiger charge is 2.66. The van der Waals surface area contributed by atoms with Crippen molar-refractivity contribution in [2.45, 2.75) is 139 Å². The van der Waals surface area contributed by atoms with E-state index in [1.165, 1.54) is 0 Å². The zero-order valence-electron chi connectivity index (χ0n) is 41.6. The number of amides is 2. The molecule has 0 radical (unpaired) electrons. The molecule has 0 N–H and O–H groups in total. The van der Waals surface area contributed by atoms with Crippen LogP contribution in [0.5, 0.6) is 0 Å². The highest BCUT2D eigenvalue weighted by atomic mass is 28.4. The summed E-state index contributed by atoms with van der Waals surface area (Å²) in [4.78, 5) is 34.4. The Morgan fingerprint density at radius 1 is 0.429 bits per heavy atom. The number of hydrogen-bond donors (Lipinski definition) is 0. The molecular weight excluding hydrogens is 881 g/mol. The van der Waals surface area contributed by atoms with Gasteiger partial charge in [-0.1, -0.05) is 6.08 Å². The summed E-state index contributed by atoms with van der Waals surface area (Å²) in [7, 11) is -12.1. The Balaban J connectivity index is 3.73. The minimum Gasteiger partial charge on any atom is -0.374 e. The fourth-order valence-electron chi connectivity index (χ4n) is 8.30. The number of allylic oxidation sites excluding steroid dienone is 1. The summed E-state index contributed by atoms with van der Waals surface area (Å²) in [6, 6.07) is 2.10. The van der Waals surface area contributed by atoms with E-state index in [1.807, 2.05) is 92.9 Å². The van der Waals surface area contributed by atoms with Gasteiger partial charge in [0.1, 0.15) is 5.41 Å². The third-order valence-corrected chi connectivity index (χ3v) is 23.3. The average Bonchev–Trinajstić information content (AvgIpc) is 3.99. The van der Waals surface area contributed by atoms with Crippen LogP contribution >= 0.6 is 0 Å². The maximum Gasteiger partial charge on any atom is 0.500 e. The van der Waals surface area contributed by atoms with Gasteiger partial charge in [0.2, 0.25) is 11.8 Å². The van der Waals surface area contributed by atoms with Gasteiger partial charge in [-0.3, -0.25) is 9.59 Å². The third-order valence-electron chi connectivity index (χ3n) is 10.7. The van der Waals surface area contributed by atoms with Gasteiger partial charge < -0.3 is 62.9 Å². The van der Waals surface area contributed by atoms with Crippen LogP contribution in [0.25, 0.3) is 0 Å². The number of hydrogen-bond acceptors (Lipinski definition) is 14. The average molecular weight is 972 g/mol. The van der Waals surface area contributed by atoms with Gasteiger partial charge in [-0.2, -0.15) is 0 Å². The van der Waals surface area contributed by atoms with Crippen molar-refractivity contribution in [3.05, 3.63) is 12.7 Å². The van der Waals surface area contributed by atoms with Gasteiger partial charge in [-0.15, -0.1) is 6.58 Å². The molecule has 0 bridgehead atoms. The maximum absolute atomic E-state index is 15.3. The molecule has 1 rings (SSSR count). The second-order valence-corrected chi connectivity index (χ2v) is 25.9. The summed E-state index contributed by atoms with van der Waals surface area (Å²) >= 11 is 0. The Kier molecular flexibility index (Phi) is 31.2. The highest BCUT2D eigenvalue weighted by molar-refractivity contribution is 6.61.